The number of benzene rings is 1. The van der Waals surface area contributed by atoms with E-state index in [1.807, 2.05) is 24.3 Å². The van der Waals surface area contributed by atoms with Crippen LogP contribution in [-0.2, 0) is 0 Å². The molecule has 4 heteroatoms. The molecule has 0 saturated carbocycles. The summed E-state index contributed by atoms with van der Waals surface area (Å²) < 4.78 is 5.36. The van der Waals surface area contributed by atoms with E-state index in [0.717, 1.165) is 30.5 Å². The molecule has 4 nitrogen and oxygen atoms in total. The van der Waals surface area contributed by atoms with Crippen molar-refractivity contribution in [2.24, 2.45) is 0 Å². The molecule has 1 atom stereocenters. The Labute approximate surface area is 99.0 Å². The molecule has 0 spiro atoms. The SMILES string of the molecule is O=C(N[C@@H]1CCNC1)c1coc2ccccc12. The number of amides is 1. The molecule has 0 unspecified atom stereocenters. The number of hydrogen-bond donors (Lipinski definition) is 2. The van der Waals surface area contributed by atoms with Crippen molar-refractivity contribution >= 4 is 16.9 Å². The van der Waals surface area contributed by atoms with Gasteiger partial charge in [-0.05, 0) is 19.0 Å². The van der Waals surface area contributed by atoms with Crippen LogP contribution in [0.2, 0.25) is 0 Å². The summed E-state index contributed by atoms with van der Waals surface area (Å²) in [6, 6.07) is 7.81. The first-order valence-corrected chi connectivity index (χ1v) is 5.82. The third-order valence-corrected chi connectivity index (χ3v) is 3.12. The summed E-state index contributed by atoms with van der Waals surface area (Å²) in [7, 11) is 0. The van der Waals surface area contributed by atoms with Gasteiger partial charge < -0.3 is 15.1 Å². The van der Waals surface area contributed by atoms with Crippen LogP contribution in [0.5, 0.6) is 0 Å². The lowest BCUT2D eigenvalue weighted by Gasteiger charge is -2.09. The molecular formula is C13H14N2O2. The van der Waals surface area contributed by atoms with Gasteiger partial charge in [-0.3, -0.25) is 4.79 Å². The third-order valence-electron chi connectivity index (χ3n) is 3.12. The van der Waals surface area contributed by atoms with E-state index in [4.69, 9.17) is 4.42 Å². The van der Waals surface area contributed by atoms with E-state index in [9.17, 15) is 4.79 Å². The second kappa shape index (κ2) is 4.22. The highest BCUT2D eigenvalue weighted by molar-refractivity contribution is 6.05. The highest BCUT2D eigenvalue weighted by atomic mass is 16.3. The van der Waals surface area contributed by atoms with Gasteiger partial charge >= 0.3 is 0 Å². The normalized spacial score (nSPS) is 19.6. The summed E-state index contributed by atoms with van der Waals surface area (Å²) >= 11 is 0. The minimum atomic E-state index is -0.0522. The second-order valence-electron chi connectivity index (χ2n) is 4.31. The predicted octanol–water partition coefficient (Wildman–Crippen LogP) is 1.52. The monoisotopic (exact) mass is 230 g/mol. The van der Waals surface area contributed by atoms with Crippen molar-refractivity contribution in [2.75, 3.05) is 13.1 Å². The van der Waals surface area contributed by atoms with Gasteiger partial charge in [-0.15, -0.1) is 0 Å². The van der Waals surface area contributed by atoms with E-state index in [2.05, 4.69) is 10.6 Å². The van der Waals surface area contributed by atoms with Crippen LogP contribution >= 0.6 is 0 Å². The molecule has 2 heterocycles. The Morgan fingerprint density at radius 3 is 3.12 bits per heavy atom. The first-order valence-electron chi connectivity index (χ1n) is 5.82. The lowest BCUT2D eigenvalue weighted by molar-refractivity contribution is 0.0941. The van der Waals surface area contributed by atoms with Crippen LogP contribution in [-0.4, -0.2) is 25.0 Å². The molecule has 17 heavy (non-hydrogen) atoms. The van der Waals surface area contributed by atoms with E-state index >= 15 is 0 Å². The van der Waals surface area contributed by atoms with Crippen LogP contribution in [0.25, 0.3) is 11.0 Å². The fraction of sp³-hybridized carbons (Fsp3) is 0.308. The maximum absolute atomic E-state index is 12.1. The van der Waals surface area contributed by atoms with Crippen LogP contribution in [0.4, 0.5) is 0 Å². The third kappa shape index (κ3) is 1.91. The van der Waals surface area contributed by atoms with Crippen LogP contribution in [0, 0.1) is 0 Å². The molecule has 1 aliphatic rings. The van der Waals surface area contributed by atoms with Gasteiger partial charge in [0.05, 0.1) is 5.56 Å². The van der Waals surface area contributed by atoms with Gasteiger partial charge in [0, 0.05) is 18.0 Å². The summed E-state index contributed by atoms with van der Waals surface area (Å²) in [6.45, 7) is 1.82. The molecule has 1 aromatic heterocycles. The maximum atomic E-state index is 12.1. The molecule has 2 aromatic rings. The summed E-state index contributed by atoms with van der Waals surface area (Å²) in [5.41, 5.74) is 1.37. The largest absolute Gasteiger partial charge is 0.463 e. The van der Waals surface area contributed by atoms with E-state index < -0.39 is 0 Å². The fourth-order valence-electron chi connectivity index (χ4n) is 2.19. The van der Waals surface area contributed by atoms with E-state index in [0.29, 0.717) is 5.56 Å². The fourth-order valence-corrected chi connectivity index (χ4v) is 2.19. The number of para-hydroxylation sites is 1. The van der Waals surface area contributed by atoms with Crippen LogP contribution in [0.3, 0.4) is 0 Å². The van der Waals surface area contributed by atoms with Crippen LogP contribution in [0.1, 0.15) is 16.8 Å². The second-order valence-corrected chi connectivity index (χ2v) is 4.31. The van der Waals surface area contributed by atoms with Gasteiger partial charge in [-0.2, -0.15) is 0 Å². The summed E-state index contributed by atoms with van der Waals surface area (Å²) in [5, 5.41) is 7.11. The lowest BCUT2D eigenvalue weighted by Crippen LogP contribution is -2.36. The molecule has 0 radical (unpaired) electrons. The Balaban J connectivity index is 1.85. The van der Waals surface area contributed by atoms with Crippen LogP contribution < -0.4 is 10.6 Å². The zero-order chi connectivity index (χ0) is 11.7. The highest BCUT2D eigenvalue weighted by Gasteiger charge is 2.19. The number of nitrogens with one attached hydrogen (secondary N) is 2. The van der Waals surface area contributed by atoms with Gasteiger partial charge in [0.1, 0.15) is 11.8 Å². The quantitative estimate of drug-likeness (QED) is 0.822. The topological polar surface area (TPSA) is 54.3 Å². The van der Waals surface area contributed by atoms with E-state index in [1.165, 1.54) is 6.26 Å². The number of fused-ring (bicyclic) bond motifs is 1. The van der Waals surface area contributed by atoms with Crippen molar-refractivity contribution in [1.82, 2.24) is 10.6 Å². The van der Waals surface area contributed by atoms with Crippen molar-refractivity contribution in [3.63, 3.8) is 0 Å². The minimum absolute atomic E-state index is 0.0522. The number of carbonyl (C=O) groups is 1. The number of carbonyl (C=O) groups excluding carboxylic acids is 1. The van der Waals surface area contributed by atoms with Crippen molar-refractivity contribution in [1.29, 1.82) is 0 Å². The Bertz CT molecular complexity index is 541. The van der Waals surface area contributed by atoms with Gasteiger partial charge in [0.25, 0.3) is 5.91 Å². The Kier molecular flexibility index (Phi) is 2.57. The van der Waals surface area contributed by atoms with Crippen molar-refractivity contribution in [3.05, 3.63) is 36.1 Å². The Morgan fingerprint density at radius 1 is 1.41 bits per heavy atom. The summed E-state index contributed by atoms with van der Waals surface area (Å²) in [4.78, 5) is 12.1. The van der Waals surface area contributed by atoms with Gasteiger partial charge in [0.2, 0.25) is 0 Å². The van der Waals surface area contributed by atoms with Crippen molar-refractivity contribution in [2.45, 2.75) is 12.5 Å². The average Bonchev–Trinajstić information content (AvgIpc) is 2.96. The zero-order valence-corrected chi connectivity index (χ0v) is 9.40. The van der Waals surface area contributed by atoms with Crippen molar-refractivity contribution < 1.29 is 9.21 Å². The molecule has 1 aliphatic heterocycles. The van der Waals surface area contributed by atoms with E-state index in [1.54, 1.807) is 0 Å². The molecule has 1 saturated heterocycles. The lowest BCUT2D eigenvalue weighted by atomic mass is 10.1. The first-order chi connectivity index (χ1) is 8.34. The highest BCUT2D eigenvalue weighted by Crippen LogP contribution is 2.20. The Morgan fingerprint density at radius 2 is 2.29 bits per heavy atom. The summed E-state index contributed by atoms with van der Waals surface area (Å²) in [5.74, 6) is -0.0522. The van der Waals surface area contributed by atoms with Crippen molar-refractivity contribution in [3.8, 4) is 0 Å². The number of rotatable bonds is 2. The molecule has 0 bridgehead atoms. The average molecular weight is 230 g/mol. The summed E-state index contributed by atoms with van der Waals surface area (Å²) in [6.07, 6.45) is 2.52. The molecule has 1 aromatic carbocycles. The smallest absolute Gasteiger partial charge is 0.255 e. The standard InChI is InChI=1S/C13H14N2O2/c16-13(15-9-5-6-14-7-9)11-8-17-12-4-2-1-3-10(11)12/h1-4,8-9,14H,5-7H2,(H,15,16)/t9-/m1/s1. The molecule has 2 N–H and O–H groups in total. The maximum Gasteiger partial charge on any atom is 0.255 e. The molecular weight excluding hydrogens is 216 g/mol. The van der Waals surface area contributed by atoms with Gasteiger partial charge in [-0.1, -0.05) is 18.2 Å². The van der Waals surface area contributed by atoms with Gasteiger partial charge in [-0.25, -0.2) is 0 Å². The predicted molar refractivity (Wildman–Crippen MR) is 65.0 cm³/mol. The molecule has 1 fully saturated rings. The molecule has 0 aliphatic carbocycles. The molecule has 88 valence electrons. The zero-order valence-electron chi connectivity index (χ0n) is 9.40. The molecule has 1 amide bonds. The minimum Gasteiger partial charge on any atom is -0.463 e. The van der Waals surface area contributed by atoms with E-state index in [-0.39, 0.29) is 11.9 Å². The van der Waals surface area contributed by atoms with Gasteiger partial charge in [0.15, 0.2) is 0 Å². The Hall–Kier alpha value is -1.81. The molecule has 3 rings (SSSR count). The van der Waals surface area contributed by atoms with Crippen LogP contribution in [0.15, 0.2) is 34.9 Å². The number of hydrogen-bond acceptors (Lipinski definition) is 3. The number of furan rings is 1. The first kappa shape index (κ1) is 10.4.